The molecule has 1 aromatic carbocycles. The van der Waals surface area contributed by atoms with Crippen molar-refractivity contribution in [2.24, 2.45) is 0 Å². The number of hydrogen-bond donors (Lipinski definition) is 0. The second-order valence-electron chi connectivity index (χ2n) is 4.27. The van der Waals surface area contributed by atoms with Crippen molar-refractivity contribution in [1.82, 2.24) is 0 Å². The van der Waals surface area contributed by atoms with Gasteiger partial charge >= 0.3 is 0 Å². The van der Waals surface area contributed by atoms with E-state index in [0.29, 0.717) is 0 Å². The van der Waals surface area contributed by atoms with E-state index in [-0.39, 0.29) is 0 Å². The molecule has 1 aliphatic rings. The van der Waals surface area contributed by atoms with Crippen molar-refractivity contribution in [3.05, 3.63) is 30.3 Å². The fourth-order valence-electron chi connectivity index (χ4n) is 2.37. The quantitative estimate of drug-likeness (QED) is 0.591. The zero-order valence-corrected chi connectivity index (χ0v) is 11.4. The number of anilines is 1. The molecule has 0 saturated carbocycles. The van der Waals surface area contributed by atoms with Gasteiger partial charge in [-0.2, -0.15) is 0 Å². The minimum atomic E-state index is 0.724. The van der Waals surface area contributed by atoms with Gasteiger partial charge < -0.3 is 4.90 Å². The Morgan fingerprint density at radius 3 is 2.67 bits per heavy atom. The largest absolute Gasteiger partial charge is 0.368 e. The molecule has 82 valence electrons. The minimum absolute atomic E-state index is 0.724. The molecule has 1 fully saturated rings. The highest BCUT2D eigenvalue weighted by Crippen LogP contribution is 2.28. The number of halogens is 1. The van der Waals surface area contributed by atoms with E-state index < -0.39 is 0 Å². The van der Waals surface area contributed by atoms with Gasteiger partial charge in [0.05, 0.1) is 0 Å². The first-order valence-electron chi connectivity index (χ1n) is 5.75. The first kappa shape index (κ1) is 11.2. The molecule has 1 aliphatic heterocycles. The van der Waals surface area contributed by atoms with Gasteiger partial charge in [-0.05, 0) is 31.4 Å². The van der Waals surface area contributed by atoms with Crippen LogP contribution in [0.5, 0.6) is 0 Å². The first-order chi connectivity index (χ1) is 7.29. The molecule has 0 radical (unpaired) electrons. The van der Waals surface area contributed by atoms with E-state index in [0.717, 1.165) is 9.97 Å². The normalized spacial score (nSPS) is 23.9. The lowest BCUT2D eigenvalue weighted by Crippen LogP contribution is -2.43. The second kappa shape index (κ2) is 5.19. The number of alkyl halides is 1. The van der Waals surface area contributed by atoms with Crippen molar-refractivity contribution in [1.29, 1.82) is 0 Å². The molecule has 1 aromatic rings. The summed E-state index contributed by atoms with van der Waals surface area (Å²) in [6.45, 7) is 3.55. The summed E-state index contributed by atoms with van der Waals surface area (Å²) in [5.41, 5.74) is 1.39. The zero-order valence-electron chi connectivity index (χ0n) is 9.20. The molecule has 1 nitrogen and oxygen atoms in total. The summed E-state index contributed by atoms with van der Waals surface area (Å²) in [7, 11) is 0. The third-order valence-electron chi connectivity index (χ3n) is 3.17. The number of para-hydroxylation sites is 1. The van der Waals surface area contributed by atoms with Gasteiger partial charge in [0, 0.05) is 22.2 Å². The molecule has 2 rings (SSSR count). The minimum Gasteiger partial charge on any atom is -0.368 e. The summed E-state index contributed by atoms with van der Waals surface area (Å²) >= 11 is 2.56. The van der Waals surface area contributed by atoms with Crippen LogP contribution in [0, 0.1) is 0 Å². The van der Waals surface area contributed by atoms with Crippen LogP contribution >= 0.6 is 22.6 Å². The molecule has 0 N–H and O–H groups in total. The fourth-order valence-corrected chi connectivity index (χ4v) is 3.12. The van der Waals surface area contributed by atoms with Crippen molar-refractivity contribution in [2.45, 2.75) is 36.2 Å². The first-order valence-corrected chi connectivity index (χ1v) is 6.99. The lowest BCUT2D eigenvalue weighted by atomic mass is 9.99. The van der Waals surface area contributed by atoms with Crippen LogP contribution in [-0.2, 0) is 0 Å². The number of benzene rings is 1. The number of nitrogens with zero attached hydrogens (tertiary/aromatic N) is 1. The fraction of sp³-hybridized carbons (Fsp3) is 0.538. The van der Waals surface area contributed by atoms with E-state index in [9.17, 15) is 0 Å². The van der Waals surface area contributed by atoms with Crippen LogP contribution in [-0.4, -0.2) is 16.5 Å². The highest BCUT2D eigenvalue weighted by molar-refractivity contribution is 14.1. The van der Waals surface area contributed by atoms with Gasteiger partial charge in [0.25, 0.3) is 0 Å². The maximum atomic E-state index is 2.58. The van der Waals surface area contributed by atoms with Crippen LogP contribution in [0.2, 0.25) is 0 Å². The lowest BCUT2D eigenvalue weighted by Gasteiger charge is -2.39. The van der Waals surface area contributed by atoms with Crippen LogP contribution < -0.4 is 4.90 Å². The Balaban J connectivity index is 2.18. The molecule has 1 unspecified atom stereocenters. The summed E-state index contributed by atoms with van der Waals surface area (Å²) in [6.07, 6.45) is 4.08. The molecule has 2 atom stereocenters. The molecule has 1 saturated heterocycles. The van der Waals surface area contributed by atoms with Gasteiger partial charge in [-0.3, -0.25) is 0 Å². The summed E-state index contributed by atoms with van der Waals surface area (Å²) < 4.78 is 0.725. The van der Waals surface area contributed by atoms with E-state index in [4.69, 9.17) is 0 Å². The molecule has 0 spiro atoms. The summed E-state index contributed by atoms with van der Waals surface area (Å²) in [5.74, 6) is 0. The van der Waals surface area contributed by atoms with E-state index >= 15 is 0 Å². The third kappa shape index (κ3) is 2.65. The van der Waals surface area contributed by atoms with E-state index in [1.54, 1.807) is 0 Å². The Hall–Kier alpha value is -0.250. The summed E-state index contributed by atoms with van der Waals surface area (Å²) in [6, 6.07) is 11.6. The van der Waals surface area contributed by atoms with Crippen LogP contribution in [0.3, 0.4) is 0 Å². The number of hydrogen-bond acceptors (Lipinski definition) is 1. The van der Waals surface area contributed by atoms with Crippen molar-refractivity contribution >= 4 is 28.3 Å². The van der Waals surface area contributed by atoms with Crippen LogP contribution in [0.1, 0.15) is 26.2 Å². The van der Waals surface area contributed by atoms with E-state index in [1.165, 1.54) is 31.5 Å². The Morgan fingerprint density at radius 1 is 1.27 bits per heavy atom. The molecule has 2 heteroatoms. The Labute approximate surface area is 106 Å². The van der Waals surface area contributed by atoms with Gasteiger partial charge in [-0.1, -0.05) is 47.7 Å². The van der Waals surface area contributed by atoms with Gasteiger partial charge in [-0.25, -0.2) is 0 Å². The van der Waals surface area contributed by atoms with Crippen molar-refractivity contribution in [3.8, 4) is 0 Å². The summed E-state index contributed by atoms with van der Waals surface area (Å²) in [4.78, 5) is 2.58. The lowest BCUT2D eigenvalue weighted by molar-refractivity contribution is 0.463. The van der Waals surface area contributed by atoms with Gasteiger partial charge in [-0.15, -0.1) is 0 Å². The highest BCUT2D eigenvalue weighted by Gasteiger charge is 2.25. The predicted molar refractivity (Wildman–Crippen MR) is 74.9 cm³/mol. The van der Waals surface area contributed by atoms with Crippen LogP contribution in [0.4, 0.5) is 5.69 Å². The zero-order chi connectivity index (χ0) is 10.7. The predicted octanol–water partition coefficient (Wildman–Crippen LogP) is 3.87. The number of piperidine rings is 1. The SMILES string of the molecule is CC(I)[C@@H]1CCCCN1c1ccccc1. The van der Waals surface area contributed by atoms with E-state index in [1.807, 2.05) is 0 Å². The van der Waals surface area contributed by atoms with Crippen molar-refractivity contribution in [2.75, 3.05) is 11.4 Å². The standard InChI is InChI=1S/C13H18IN/c1-11(14)13-9-5-6-10-15(13)12-7-3-2-4-8-12/h2-4,7-8,11,13H,5-6,9-10H2,1H3/t11?,13-/m0/s1. The average Bonchev–Trinajstić information content (AvgIpc) is 2.30. The van der Waals surface area contributed by atoms with Gasteiger partial charge in [0.15, 0.2) is 0 Å². The molecule has 0 bridgehead atoms. The molecule has 0 aromatic heterocycles. The monoisotopic (exact) mass is 315 g/mol. The highest BCUT2D eigenvalue weighted by atomic mass is 127. The molecular weight excluding hydrogens is 297 g/mol. The molecule has 0 aliphatic carbocycles. The van der Waals surface area contributed by atoms with Gasteiger partial charge in [0.2, 0.25) is 0 Å². The van der Waals surface area contributed by atoms with Crippen molar-refractivity contribution < 1.29 is 0 Å². The average molecular weight is 315 g/mol. The molecule has 15 heavy (non-hydrogen) atoms. The summed E-state index contributed by atoms with van der Waals surface area (Å²) in [5, 5.41) is 0. The number of rotatable bonds is 2. The van der Waals surface area contributed by atoms with Crippen LogP contribution in [0.25, 0.3) is 0 Å². The Kier molecular flexibility index (Phi) is 3.89. The second-order valence-corrected chi connectivity index (χ2v) is 6.23. The van der Waals surface area contributed by atoms with Gasteiger partial charge in [0.1, 0.15) is 0 Å². The Morgan fingerprint density at radius 2 is 2.00 bits per heavy atom. The smallest absolute Gasteiger partial charge is 0.0404 e. The molecular formula is C13H18IN. The topological polar surface area (TPSA) is 3.24 Å². The molecule has 1 heterocycles. The van der Waals surface area contributed by atoms with E-state index in [2.05, 4.69) is 64.7 Å². The van der Waals surface area contributed by atoms with Crippen LogP contribution in [0.15, 0.2) is 30.3 Å². The maximum Gasteiger partial charge on any atom is 0.0404 e. The maximum absolute atomic E-state index is 2.58. The van der Waals surface area contributed by atoms with Crippen molar-refractivity contribution in [3.63, 3.8) is 0 Å². The third-order valence-corrected chi connectivity index (χ3v) is 4.00. The Bertz CT molecular complexity index is 297. The molecule has 0 amide bonds.